The smallest absolute Gasteiger partial charge is 0.123 e. The van der Waals surface area contributed by atoms with Crippen molar-refractivity contribution in [1.29, 1.82) is 0 Å². The van der Waals surface area contributed by atoms with Crippen molar-refractivity contribution in [3.63, 3.8) is 0 Å². The third kappa shape index (κ3) is 3.08. The van der Waals surface area contributed by atoms with Crippen molar-refractivity contribution in [3.05, 3.63) is 47.3 Å². The lowest BCUT2D eigenvalue weighted by Gasteiger charge is -2.29. The van der Waals surface area contributed by atoms with Gasteiger partial charge in [0.15, 0.2) is 0 Å². The van der Waals surface area contributed by atoms with Gasteiger partial charge in [-0.15, -0.1) is 0 Å². The molecule has 108 valence electrons. The average Bonchev–Trinajstić information content (AvgIpc) is 2.90. The summed E-state index contributed by atoms with van der Waals surface area (Å²) in [5, 5.41) is 0. The number of hydrogen-bond acceptors (Lipinski definition) is 3. The Kier molecular flexibility index (Phi) is 4.15. The second kappa shape index (κ2) is 6.04. The summed E-state index contributed by atoms with van der Waals surface area (Å²) in [5.74, 6) is 0.347. The Morgan fingerprint density at radius 3 is 2.80 bits per heavy atom. The molecule has 0 saturated carbocycles. The lowest BCUT2D eigenvalue weighted by atomic mass is 9.94. The van der Waals surface area contributed by atoms with Gasteiger partial charge < -0.3 is 0 Å². The highest BCUT2D eigenvalue weighted by molar-refractivity contribution is 5.21. The molecular weight excluding hydrogens is 253 g/mol. The van der Waals surface area contributed by atoms with Crippen LogP contribution >= 0.6 is 0 Å². The second-order valence-corrected chi connectivity index (χ2v) is 5.87. The van der Waals surface area contributed by atoms with Crippen molar-refractivity contribution in [2.75, 3.05) is 26.2 Å². The molecular formula is C16H22FN3. The first-order chi connectivity index (χ1) is 9.72. The predicted octanol–water partition coefficient (Wildman–Crippen LogP) is 2.24. The van der Waals surface area contributed by atoms with E-state index < -0.39 is 0 Å². The largest absolute Gasteiger partial charge is 0.299 e. The molecule has 2 heterocycles. The van der Waals surface area contributed by atoms with Crippen LogP contribution < -0.4 is 10.9 Å². The molecule has 2 unspecified atom stereocenters. The van der Waals surface area contributed by atoms with Crippen LogP contribution in [0.1, 0.15) is 24.9 Å². The van der Waals surface area contributed by atoms with E-state index in [2.05, 4.69) is 28.8 Å². The number of halogens is 1. The lowest BCUT2D eigenvalue weighted by molar-refractivity contribution is 0.240. The first kappa shape index (κ1) is 13.7. The minimum Gasteiger partial charge on any atom is -0.299 e. The molecule has 0 spiro atoms. The third-order valence-electron chi connectivity index (χ3n) is 4.34. The number of nitrogens with one attached hydrogen (secondary N) is 2. The summed E-state index contributed by atoms with van der Waals surface area (Å²) < 4.78 is 13.0. The summed E-state index contributed by atoms with van der Waals surface area (Å²) in [6.45, 7) is 6.44. The van der Waals surface area contributed by atoms with E-state index in [0.717, 1.165) is 31.7 Å². The Morgan fingerprint density at radius 2 is 2.10 bits per heavy atom. The summed E-state index contributed by atoms with van der Waals surface area (Å²) in [7, 11) is 0. The zero-order chi connectivity index (χ0) is 13.9. The van der Waals surface area contributed by atoms with Gasteiger partial charge in [0.05, 0.1) is 6.04 Å². The first-order valence-corrected chi connectivity index (χ1v) is 7.34. The maximum absolute atomic E-state index is 13.0. The molecule has 0 bridgehead atoms. The number of benzene rings is 1. The molecule has 1 aromatic rings. The average molecular weight is 275 g/mol. The number of hydrogen-bond donors (Lipinski definition) is 2. The highest BCUT2D eigenvalue weighted by Crippen LogP contribution is 2.26. The Morgan fingerprint density at radius 1 is 1.30 bits per heavy atom. The van der Waals surface area contributed by atoms with Crippen LogP contribution in [-0.2, 0) is 0 Å². The number of rotatable bonds is 3. The fraction of sp³-hybridized carbons (Fsp3) is 0.500. The van der Waals surface area contributed by atoms with E-state index in [-0.39, 0.29) is 11.9 Å². The van der Waals surface area contributed by atoms with Gasteiger partial charge in [0.2, 0.25) is 0 Å². The first-order valence-electron chi connectivity index (χ1n) is 7.34. The second-order valence-electron chi connectivity index (χ2n) is 5.87. The highest BCUT2D eigenvalue weighted by Gasteiger charge is 2.29. The van der Waals surface area contributed by atoms with Gasteiger partial charge in [0.1, 0.15) is 5.82 Å². The van der Waals surface area contributed by atoms with Crippen LogP contribution in [0.25, 0.3) is 0 Å². The van der Waals surface area contributed by atoms with Crippen molar-refractivity contribution in [2.45, 2.75) is 19.4 Å². The summed E-state index contributed by atoms with van der Waals surface area (Å²) >= 11 is 0. The lowest BCUT2D eigenvalue weighted by Crippen LogP contribution is -2.35. The van der Waals surface area contributed by atoms with Crippen molar-refractivity contribution < 1.29 is 4.39 Å². The van der Waals surface area contributed by atoms with Gasteiger partial charge in [-0.3, -0.25) is 10.3 Å². The summed E-state index contributed by atoms with van der Waals surface area (Å²) in [5.41, 5.74) is 9.23. The molecule has 2 N–H and O–H groups in total. The summed E-state index contributed by atoms with van der Waals surface area (Å²) in [6.07, 6.45) is 3.50. The van der Waals surface area contributed by atoms with Gasteiger partial charge in [0.25, 0.3) is 0 Å². The van der Waals surface area contributed by atoms with E-state index in [1.807, 2.05) is 12.1 Å². The molecule has 0 amide bonds. The number of nitrogens with zero attached hydrogens (tertiary/aromatic N) is 1. The molecule has 4 heteroatoms. The van der Waals surface area contributed by atoms with E-state index in [9.17, 15) is 4.39 Å². The Balaban J connectivity index is 1.65. The monoisotopic (exact) mass is 275 g/mol. The Bertz CT molecular complexity index is 483. The maximum Gasteiger partial charge on any atom is 0.123 e. The van der Waals surface area contributed by atoms with Gasteiger partial charge >= 0.3 is 0 Å². The van der Waals surface area contributed by atoms with Crippen LogP contribution in [0.2, 0.25) is 0 Å². The van der Waals surface area contributed by atoms with Crippen molar-refractivity contribution in [1.82, 2.24) is 15.8 Å². The highest BCUT2D eigenvalue weighted by atomic mass is 19.1. The predicted molar refractivity (Wildman–Crippen MR) is 78.6 cm³/mol. The van der Waals surface area contributed by atoms with Crippen molar-refractivity contribution >= 4 is 0 Å². The van der Waals surface area contributed by atoms with Crippen LogP contribution in [0, 0.1) is 11.7 Å². The molecule has 20 heavy (non-hydrogen) atoms. The van der Waals surface area contributed by atoms with E-state index in [1.165, 1.54) is 12.0 Å². The van der Waals surface area contributed by atoms with Gasteiger partial charge in [-0.25, -0.2) is 9.82 Å². The Hall–Kier alpha value is -1.23. The van der Waals surface area contributed by atoms with Gasteiger partial charge in [-0.1, -0.05) is 23.8 Å². The molecule has 3 rings (SSSR count). The minimum atomic E-state index is -0.173. The van der Waals surface area contributed by atoms with Crippen LogP contribution in [0.3, 0.4) is 0 Å². The van der Waals surface area contributed by atoms with Crippen LogP contribution in [-0.4, -0.2) is 31.1 Å². The zero-order valence-electron chi connectivity index (χ0n) is 11.9. The maximum atomic E-state index is 13.0. The van der Waals surface area contributed by atoms with E-state index in [1.54, 1.807) is 12.1 Å². The number of hydrazine groups is 1. The van der Waals surface area contributed by atoms with Gasteiger partial charge in [0, 0.05) is 32.1 Å². The summed E-state index contributed by atoms with van der Waals surface area (Å²) in [6, 6.07) is 7.11. The van der Waals surface area contributed by atoms with Crippen LogP contribution in [0.5, 0.6) is 0 Å². The molecule has 3 nitrogen and oxygen atoms in total. The fourth-order valence-electron chi connectivity index (χ4n) is 3.04. The molecule has 0 aromatic heterocycles. The molecule has 2 atom stereocenters. The van der Waals surface area contributed by atoms with Gasteiger partial charge in [-0.05, 0) is 31.0 Å². The molecule has 1 fully saturated rings. The Labute approximate surface area is 119 Å². The molecule has 1 aromatic carbocycles. The van der Waals surface area contributed by atoms with E-state index in [0.29, 0.717) is 5.92 Å². The SMILES string of the molecule is CC1=CCN(CC2CNNC2c2ccc(F)cc2)CC1. The third-order valence-corrected chi connectivity index (χ3v) is 4.34. The van der Waals surface area contributed by atoms with E-state index in [4.69, 9.17) is 0 Å². The van der Waals surface area contributed by atoms with Crippen molar-refractivity contribution in [2.24, 2.45) is 5.92 Å². The molecule has 1 saturated heterocycles. The van der Waals surface area contributed by atoms with E-state index >= 15 is 0 Å². The fourth-order valence-corrected chi connectivity index (χ4v) is 3.04. The molecule has 0 radical (unpaired) electrons. The van der Waals surface area contributed by atoms with Gasteiger partial charge in [-0.2, -0.15) is 0 Å². The normalized spacial score (nSPS) is 27.6. The van der Waals surface area contributed by atoms with Crippen LogP contribution in [0.4, 0.5) is 4.39 Å². The van der Waals surface area contributed by atoms with Crippen LogP contribution in [0.15, 0.2) is 35.9 Å². The topological polar surface area (TPSA) is 27.3 Å². The molecule has 2 aliphatic heterocycles. The molecule has 2 aliphatic rings. The molecule has 0 aliphatic carbocycles. The standard InChI is InChI=1S/C16H22FN3/c1-12-6-8-20(9-7-12)11-14-10-18-19-16(14)13-2-4-15(17)5-3-13/h2-6,14,16,18-19H,7-11H2,1H3. The quantitative estimate of drug-likeness (QED) is 0.829. The summed E-state index contributed by atoms with van der Waals surface area (Å²) in [4.78, 5) is 2.50. The van der Waals surface area contributed by atoms with Crippen molar-refractivity contribution in [3.8, 4) is 0 Å². The minimum absolute atomic E-state index is 0.173. The zero-order valence-corrected chi connectivity index (χ0v) is 11.9.